The number of likely N-dealkylation sites (N-methyl/N-ethyl adjacent to an activating group) is 1. The number of hydrogen-bond acceptors (Lipinski definition) is 6. The smallest absolute Gasteiger partial charge is 0.253 e. The molecule has 36 heavy (non-hydrogen) atoms. The summed E-state index contributed by atoms with van der Waals surface area (Å²) in [6, 6.07) is 11.3. The van der Waals surface area contributed by atoms with Gasteiger partial charge in [-0.05, 0) is 62.4 Å². The van der Waals surface area contributed by atoms with Crippen molar-refractivity contribution in [1.82, 2.24) is 14.1 Å². The molecule has 2 amide bonds. The molecule has 2 fully saturated rings. The van der Waals surface area contributed by atoms with Crippen molar-refractivity contribution in [2.45, 2.75) is 17.7 Å². The highest BCUT2D eigenvalue weighted by Crippen LogP contribution is 2.32. The van der Waals surface area contributed by atoms with Gasteiger partial charge in [0.05, 0.1) is 13.0 Å². The van der Waals surface area contributed by atoms with Crippen molar-refractivity contribution in [3.63, 3.8) is 0 Å². The summed E-state index contributed by atoms with van der Waals surface area (Å²) < 4.78 is 33.2. The van der Waals surface area contributed by atoms with Gasteiger partial charge in [0.25, 0.3) is 5.91 Å². The Balaban J connectivity index is 1.40. The van der Waals surface area contributed by atoms with Gasteiger partial charge in [0, 0.05) is 55.5 Å². The quantitative estimate of drug-likeness (QED) is 0.612. The van der Waals surface area contributed by atoms with Crippen LogP contribution in [0.25, 0.3) is 0 Å². The van der Waals surface area contributed by atoms with Crippen LogP contribution in [0, 0.1) is 5.92 Å². The Bertz CT molecular complexity index is 1210. The number of sulfonamides is 1. The number of methoxy groups -OCH3 is 1. The fourth-order valence-electron chi connectivity index (χ4n) is 4.50. The lowest BCUT2D eigenvalue weighted by molar-refractivity contribution is -0.120. The number of rotatable bonds is 6. The zero-order valence-electron chi connectivity index (χ0n) is 20.4. The lowest BCUT2D eigenvalue weighted by atomic mass is 9.98. The molecule has 0 radical (unpaired) electrons. The highest BCUT2D eigenvalue weighted by molar-refractivity contribution is 7.89. The van der Waals surface area contributed by atoms with Crippen molar-refractivity contribution < 1.29 is 22.7 Å². The van der Waals surface area contributed by atoms with E-state index >= 15 is 0 Å². The summed E-state index contributed by atoms with van der Waals surface area (Å²) in [6.45, 7) is 3.44. The number of carbonyl (C=O) groups is 2. The van der Waals surface area contributed by atoms with E-state index in [1.807, 2.05) is 11.9 Å². The van der Waals surface area contributed by atoms with Crippen molar-refractivity contribution in [3.8, 4) is 5.75 Å². The third kappa shape index (κ3) is 5.83. The first-order valence-electron chi connectivity index (χ1n) is 11.9. The molecule has 4 rings (SSSR count). The van der Waals surface area contributed by atoms with E-state index in [1.165, 1.54) is 23.5 Å². The van der Waals surface area contributed by atoms with E-state index in [0.717, 1.165) is 13.1 Å². The van der Waals surface area contributed by atoms with Crippen molar-refractivity contribution in [2.75, 3.05) is 58.7 Å². The van der Waals surface area contributed by atoms with E-state index in [-0.39, 0.29) is 34.0 Å². The first-order valence-corrected chi connectivity index (χ1v) is 13.7. The molecule has 1 N–H and O–H groups in total. The molecule has 0 saturated carbocycles. The molecule has 11 heteroatoms. The maximum Gasteiger partial charge on any atom is 0.253 e. The number of halogens is 1. The van der Waals surface area contributed by atoms with Crippen molar-refractivity contribution in [1.29, 1.82) is 0 Å². The summed E-state index contributed by atoms with van der Waals surface area (Å²) in [6.07, 6.45) is 1.13. The summed E-state index contributed by atoms with van der Waals surface area (Å²) in [7, 11) is -0.460. The van der Waals surface area contributed by atoms with Crippen LogP contribution in [-0.4, -0.2) is 87.8 Å². The fraction of sp³-hybridized carbons (Fsp3) is 0.440. The van der Waals surface area contributed by atoms with Crippen LogP contribution in [0.4, 0.5) is 5.69 Å². The number of nitrogens with zero attached hydrogens (tertiary/aromatic N) is 3. The van der Waals surface area contributed by atoms with E-state index in [4.69, 9.17) is 16.3 Å². The maximum atomic E-state index is 13.3. The highest BCUT2D eigenvalue weighted by Gasteiger charge is 2.35. The van der Waals surface area contributed by atoms with E-state index in [0.29, 0.717) is 43.7 Å². The second-order valence-electron chi connectivity index (χ2n) is 9.16. The molecule has 2 aromatic carbocycles. The molecular weight excluding hydrogens is 504 g/mol. The topological polar surface area (TPSA) is 99.3 Å². The van der Waals surface area contributed by atoms with Crippen LogP contribution in [0.2, 0.25) is 5.02 Å². The van der Waals surface area contributed by atoms with Crippen LogP contribution in [0.3, 0.4) is 0 Å². The highest BCUT2D eigenvalue weighted by atomic mass is 35.5. The predicted molar refractivity (Wildman–Crippen MR) is 138 cm³/mol. The number of piperazine rings is 1. The van der Waals surface area contributed by atoms with Gasteiger partial charge in [0.15, 0.2) is 0 Å². The number of hydrogen-bond donors (Lipinski definition) is 1. The lowest BCUT2D eigenvalue weighted by Gasteiger charge is -2.32. The first-order chi connectivity index (χ1) is 17.2. The van der Waals surface area contributed by atoms with Crippen LogP contribution < -0.4 is 10.1 Å². The third-order valence-electron chi connectivity index (χ3n) is 6.69. The predicted octanol–water partition coefficient (Wildman–Crippen LogP) is 2.78. The zero-order valence-corrected chi connectivity index (χ0v) is 22.0. The van der Waals surface area contributed by atoms with Gasteiger partial charge in [-0.1, -0.05) is 11.6 Å². The van der Waals surface area contributed by atoms with Crippen molar-refractivity contribution in [2.24, 2.45) is 5.92 Å². The largest absolute Gasteiger partial charge is 0.495 e. The van der Waals surface area contributed by atoms with Gasteiger partial charge in [0.1, 0.15) is 10.6 Å². The Morgan fingerprint density at radius 1 is 1.03 bits per heavy atom. The summed E-state index contributed by atoms with van der Waals surface area (Å²) >= 11 is 6.04. The van der Waals surface area contributed by atoms with Crippen LogP contribution >= 0.6 is 11.6 Å². The first kappa shape index (κ1) is 26.4. The number of nitrogens with one attached hydrogen (secondary N) is 1. The normalized spacial score (nSPS) is 19.6. The molecular formula is C25H31ClN4O5S. The number of carbonyl (C=O) groups excluding carboxylic acids is 2. The minimum Gasteiger partial charge on any atom is -0.495 e. The van der Waals surface area contributed by atoms with Gasteiger partial charge < -0.3 is 19.9 Å². The third-order valence-corrected chi connectivity index (χ3v) is 8.81. The van der Waals surface area contributed by atoms with Crippen molar-refractivity contribution in [3.05, 3.63) is 53.1 Å². The number of benzene rings is 2. The number of amides is 2. The molecule has 2 saturated heterocycles. The van der Waals surface area contributed by atoms with Crippen LogP contribution in [-0.2, 0) is 14.8 Å². The molecule has 1 atom stereocenters. The minimum absolute atomic E-state index is 0.0147. The maximum absolute atomic E-state index is 13.3. The standard InChI is InChI=1S/C25H31ClN4O5S/c1-28-12-14-29(15-13-28)25(32)18-5-8-21(9-6-18)27-24(31)19-4-3-11-30(17-19)36(33,34)23-16-20(26)7-10-22(23)35-2/h5-10,16,19H,3-4,11-15,17H2,1-2H3,(H,27,31)/t19-/m0/s1. The van der Waals surface area contributed by atoms with Gasteiger partial charge in [-0.3, -0.25) is 9.59 Å². The van der Waals surface area contributed by atoms with Gasteiger partial charge in [-0.25, -0.2) is 8.42 Å². The molecule has 0 aromatic heterocycles. The molecule has 0 spiro atoms. The monoisotopic (exact) mass is 534 g/mol. The van der Waals surface area contributed by atoms with E-state index in [1.54, 1.807) is 30.3 Å². The van der Waals surface area contributed by atoms with E-state index < -0.39 is 15.9 Å². The fourth-order valence-corrected chi connectivity index (χ4v) is 6.44. The minimum atomic E-state index is -3.90. The molecule has 0 unspecified atom stereocenters. The summed E-state index contributed by atoms with van der Waals surface area (Å²) in [5.74, 6) is -0.584. The van der Waals surface area contributed by atoms with Gasteiger partial charge in [0.2, 0.25) is 15.9 Å². The number of piperidine rings is 1. The van der Waals surface area contributed by atoms with E-state index in [2.05, 4.69) is 10.2 Å². The Hall–Kier alpha value is -2.66. The van der Waals surface area contributed by atoms with E-state index in [9.17, 15) is 18.0 Å². The molecule has 2 heterocycles. The molecule has 2 aliphatic heterocycles. The Labute approximate surface area is 217 Å². The summed E-state index contributed by atoms with van der Waals surface area (Å²) in [5.41, 5.74) is 1.13. The van der Waals surface area contributed by atoms with Gasteiger partial charge in [-0.15, -0.1) is 0 Å². The van der Waals surface area contributed by atoms with Crippen LogP contribution in [0.1, 0.15) is 23.2 Å². The summed E-state index contributed by atoms with van der Waals surface area (Å²) in [4.78, 5) is 29.7. The number of ether oxygens (including phenoxy) is 1. The molecule has 2 aromatic rings. The summed E-state index contributed by atoms with van der Waals surface area (Å²) in [5, 5.41) is 3.16. The van der Waals surface area contributed by atoms with Crippen LogP contribution in [0.15, 0.2) is 47.4 Å². The molecule has 2 aliphatic rings. The Morgan fingerprint density at radius 3 is 2.39 bits per heavy atom. The zero-order chi connectivity index (χ0) is 25.9. The second kappa shape index (κ2) is 11.2. The molecule has 0 aliphatic carbocycles. The Kier molecular flexibility index (Phi) is 8.19. The Morgan fingerprint density at radius 2 is 1.72 bits per heavy atom. The van der Waals surface area contributed by atoms with Gasteiger partial charge in [-0.2, -0.15) is 4.31 Å². The molecule has 0 bridgehead atoms. The second-order valence-corrected chi connectivity index (χ2v) is 11.5. The SMILES string of the molecule is COc1ccc(Cl)cc1S(=O)(=O)N1CCC[C@H](C(=O)Nc2ccc(C(=O)N3CCN(C)CC3)cc2)C1. The average Bonchev–Trinajstić information content (AvgIpc) is 2.89. The van der Waals surface area contributed by atoms with Gasteiger partial charge >= 0.3 is 0 Å². The molecule has 9 nitrogen and oxygen atoms in total. The van der Waals surface area contributed by atoms with Crippen molar-refractivity contribution >= 4 is 39.1 Å². The molecule has 194 valence electrons. The number of anilines is 1. The average molecular weight is 535 g/mol. The lowest BCUT2D eigenvalue weighted by Crippen LogP contribution is -2.47. The van der Waals surface area contributed by atoms with Crippen LogP contribution in [0.5, 0.6) is 5.75 Å².